The average Bonchev–Trinajstić information content (AvgIpc) is 2.68. The third-order valence-corrected chi connectivity index (χ3v) is 6.38. The molecule has 3 nitrogen and oxygen atoms in total. The van der Waals surface area contributed by atoms with Crippen LogP contribution in [0.25, 0.3) is 0 Å². The SMILES string of the molecule is O=S(=O)(c1ccccc1)[C@H](C[C@H](O)c1ccccc1)c1ccccc1. The van der Waals surface area contributed by atoms with Crippen LogP contribution in [0, 0.1) is 0 Å². The molecule has 3 aromatic rings. The molecule has 0 spiro atoms. The second-order valence-corrected chi connectivity index (χ2v) is 8.05. The van der Waals surface area contributed by atoms with E-state index in [2.05, 4.69) is 0 Å². The van der Waals surface area contributed by atoms with E-state index in [-0.39, 0.29) is 11.3 Å². The molecule has 2 atom stereocenters. The van der Waals surface area contributed by atoms with Gasteiger partial charge in [-0.2, -0.15) is 0 Å². The number of benzene rings is 3. The van der Waals surface area contributed by atoms with Crippen LogP contribution in [0.3, 0.4) is 0 Å². The van der Waals surface area contributed by atoms with E-state index in [9.17, 15) is 13.5 Å². The van der Waals surface area contributed by atoms with E-state index in [1.54, 1.807) is 42.5 Å². The topological polar surface area (TPSA) is 54.4 Å². The Balaban J connectivity index is 1.99. The fraction of sp³-hybridized carbons (Fsp3) is 0.143. The Kier molecular flexibility index (Phi) is 5.31. The van der Waals surface area contributed by atoms with Crippen molar-refractivity contribution in [3.8, 4) is 0 Å². The zero-order valence-corrected chi connectivity index (χ0v) is 14.5. The lowest BCUT2D eigenvalue weighted by molar-refractivity contribution is 0.165. The standard InChI is InChI=1S/C21H20O3S/c22-20(17-10-4-1-5-11-17)16-21(18-12-6-2-7-13-18)25(23,24)19-14-8-3-9-15-19/h1-15,20-22H,16H2/t20-,21+/m0/s1. The molecule has 0 aliphatic heterocycles. The molecule has 0 aliphatic rings. The molecule has 0 saturated heterocycles. The summed E-state index contributed by atoms with van der Waals surface area (Å²) in [5.41, 5.74) is 1.40. The average molecular weight is 352 g/mol. The van der Waals surface area contributed by atoms with Crippen LogP contribution < -0.4 is 0 Å². The first kappa shape index (κ1) is 17.4. The lowest BCUT2D eigenvalue weighted by atomic mass is 10.0. The minimum atomic E-state index is -3.62. The molecule has 4 heteroatoms. The summed E-state index contributed by atoms with van der Waals surface area (Å²) >= 11 is 0. The Morgan fingerprint density at radius 1 is 0.680 bits per heavy atom. The molecule has 3 rings (SSSR count). The van der Waals surface area contributed by atoms with Gasteiger partial charge >= 0.3 is 0 Å². The van der Waals surface area contributed by atoms with E-state index in [1.807, 2.05) is 48.5 Å². The lowest BCUT2D eigenvalue weighted by Crippen LogP contribution is -2.17. The molecule has 0 fully saturated rings. The van der Waals surface area contributed by atoms with Gasteiger partial charge in [-0.05, 0) is 29.7 Å². The van der Waals surface area contributed by atoms with Crippen molar-refractivity contribution in [2.75, 3.05) is 0 Å². The molecule has 0 heterocycles. The number of aliphatic hydroxyl groups excluding tert-OH is 1. The number of aliphatic hydroxyl groups is 1. The maximum Gasteiger partial charge on any atom is 0.185 e. The van der Waals surface area contributed by atoms with Crippen molar-refractivity contribution < 1.29 is 13.5 Å². The van der Waals surface area contributed by atoms with Crippen LogP contribution >= 0.6 is 0 Å². The maximum absolute atomic E-state index is 13.2. The minimum Gasteiger partial charge on any atom is -0.388 e. The summed E-state index contributed by atoms with van der Waals surface area (Å²) in [6, 6.07) is 26.6. The number of sulfone groups is 1. The van der Waals surface area contributed by atoms with Crippen molar-refractivity contribution >= 4 is 9.84 Å². The van der Waals surface area contributed by atoms with E-state index in [4.69, 9.17) is 0 Å². The molecule has 0 aliphatic carbocycles. The predicted molar refractivity (Wildman–Crippen MR) is 98.8 cm³/mol. The molecular formula is C21H20O3S. The molecule has 128 valence electrons. The maximum atomic E-state index is 13.2. The van der Waals surface area contributed by atoms with Gasteiger partial charge in [0.2, 0.25) is 0 Å². The zero-order chi connectivity index (χ0) is 17.7. The Bertz CT molecular complexity index is 892. The first-order chi connectivity index (χ1) is 12.1. The first-order valence-electron chi connectivity index (χ1n) is 8.16. The molecule has 0 aromatic heterocycles. The van der Waals surface area contributed by atoms with Crippen LogP contribution in [0.4, 0.5) is 0 Å². The van der Waals surface area contributed by atoms with Crippen LogP contribution in [-0.4, -0.2) is 13.5 Å². The fourth-order valence-electron chi connectivity index (χ4n) is 2.90. The van der Waals surface area contributed by atoms with Gasteiger partial charge < -0.3 is 5.11 Å². The third kappa shape index (κ3) is 3.98. The van der Waals surface area contributed by atoms with Crippen molar-refractivity contribution in [2.45, 2.75) is 22.7 Å². The highest BCUT2D eigenvalue weighted by molar-refractivity contribution is 7.91. The van der Waals surface area contributed by atoms with Crippen LogP contribution in [0.1, 0.15) is 28.9 Å². The smallest absolute Gasteiger partial charge is 0.185 e. The molecule has 0 saturated carbocycles. The lowest BCUT2D eigenvalue weighted by Gasteiger charge is -2.21. The highest BCUT2D eigenvalue weighted by Crippen LogP contribution is 2.36. The Morgan fingerprint density at radius 3 is 1.64 bits per heavy atom. The molecule has 0 radical (unpaired) electrons. The summed E-state index contributed by atoms with van der Waals surface area (Å²) in [7, 11) is -3.62. The molecule has 25 heavy (non-hydrogen) atoms. The fourth-order valence-corrected chi connectivity index (χ4v) is 4.71. The van der Waals surface area contributed by atoms with Gasteiger partial charge in [0.25, 0.3) is 0 Å². The molecule has 1 N–H and O–H groups in total. The van der Waals surface area contributed by atoms with Crippen molar-refractivity contribution in [3.05, 3.63) is 102 Å². The van der Waals surface area contributed by atoms with Gasteiger partial charge in [-0.15, -0.1) is 0 Å². The van der Waals surface area contributed by atoms with Crippen molar-refractivity contribution in [1.29, 1.82) is 0 Å². The summed E-state index contributed by atoms with van der Waals surface area (Å²) in [5.74, 6) is 0. The summed E-state index contributed by atoms with van der Waals surface area (Å²) in [6.07, 6.45) is -0.754. The molecular weight excluding hydrogens is 332 g/mol. The van der Waals surface area contributed by atoms with Gasteiger partial charge in [-0.25, -0.2) is 8.42 Å². The summed E-state index contributed by atoms with van der Waals surface area (Å²) in [5, 5.41) is 9.78. The van der Waals surface area contributed by atoms with Gasteiger partial charge in [-0.3, -0.25) is 0 Å². The Morgan fingerprint density at radius 2 is 1.12 bits per heavy atom. The monoisotopic (exact) mass is 352 g/mol. The first-order valence-corrected chi connectivity index (χ1v) is 9.70. The summed E-state index contributed by atoms with van der Waals surface area (Å²) < 4.78 is 26.4. The van der Waals surface area contributed by atoms with E-state index in [1.165, 1.54) is 0 Å². The quantitative estimate of drug-likeness (QED) is 0.718. The van der Waals surface area contributed by atoms with E-state index < -0.39 is 21.2 Å². The normalized spacial score (nSPS) is 14.0. The van der Waals surface area contributed by atoms with Crippen LogP contribution in [0.5, 0.6) is 0 Å². The van der Waals surface area contributed by atoms with Crippen molar-refractivity contribution in [1.82, 2.24) is 0 Å². The van der Waals surface area contributed by atoms with E-state index in [0.29, 0.717) is 11.1 Å². The van der Waals surface area contributed by atoms with Crippen molar-refractivity contribution in [3.63, 3.8) is 0 Å². The molecule has 0 bridgehead atoms. The van der Waals surface area contributed by atoms with E-state index in [0.717, 1.165) is 0 Å². The summed E-state index contributed by atoms with van der Waals surface area (Å²) in [6.45, 7) is 0. The predicted octanol–water partition coefficient (Wildman–Crippen LogP) is 4.33. The zero-order valence-electron chi connectivity index (χ0n) is 13.7. The van der Waals surface area contributed by atoms with Crippen LogP contribution in [-0.2, 0) is 9.84 Å². The third-order valence-electron chi connectivity index (χ3n) is 4.24. The Hall–Kier alpha value is -2.43. The molecule has 0 amide bonds. The van der Waals surface area contributed by atoms with E-state index >= 15 is 0 Å². The molecule has 3 aromatic carbocycles. The highest BCUT2D eigenvalue weighted by atomic mass is 32.2. The van der Waals surface area contributed by atoms with Crippen molar-refractivity contribution in [2.24, 2.45) is 0 Å². The van der Waals surface area contributed by atoms with Gasteiger partial charge in [0.1, 0.15) is 0 Å². The number of rotatable bonds is 6. The van der Waals surface area contributed by atoms with Gasteiger partial charge in [0.15, 0.2) is 9.84 Å². The minimum absolute atomic E-state index is 0.102. The van der Waals surface area contributed by atoms with Crippen LogP contribution in [0.15, 0.2) is 95.9 Å². The second-order valence-electron chi connectivity index (χ2n) is 5.92. The number of hydrogen-bond acceptors (Lipinski definition) is 3. The summed E-state index contributed by atoms with van der Waals surface area (Å²) in [4.78, 5) is 0.268. The van der Waals surface area contributed by atoms with Crippen LogP contribution in [0.2, 0.25) is 0 Å². The highest BCUT2D eigenvalue weighted by Gasteiger charge is 2.31. The largest absolute Gasteiger partial charge is 0.388 e. The van der Waals surface area contributed by atoms with Gasteiger partial charge in [-0.1, -0.05) is 78.9 Å². The van der Waals surface area contributed by atoms with Gasteiger partial charge in [0, 0.05) is 0 Å². The number of hydrogen-bond donors (Lipinski definition) is 1. The second kappa shape index (κ2) is 7.64. The van der Waals surface area contributed by atoms with Gasteiger partial charge in [0.05, 0.1) is 16.2 Å². The molecule has 0 unspecified atom stereocenters. The Labute approximate surface area is 148 Å².